The molecule has 0 fully saturated rings. The first kappa shape index (κ1) is 16.5. The minimum Gasteiger partial charge on any atom is -0.450 e. The van der Waals surface area contributed by atoms with Crippen molar-refractivity contribution in [1.29, 1.82) is 0 Å². The smallest absolute Gasteiger partial charge is 0.409 e. The number of halogens is 1. The van der Waals surface area contributed by atoms with Crippen LogP contribution < -0.4 is 5.32 Å². The van der Waals surface area contributed by atoms with Gasteiger partial charge in [-0.25, -0.2) is 4.79 Å². The molecule has 1 N–H and O–H groups in total. The van der Waals surface area contributed by atoms with Crippen LogP contribution in [0.4, 0.5) is 4.79 Å². The monoisotopic (exact) mass is 342 g/mol. The van der Waals surface area contributed by atoms with Gasteiger partial charge in [-0.2, -0.15) is 0 Å². The van der Waals surface area contributed by atoms with Gasteiger partial charge in [0, 0.05) is 11.5 Å². The number of nitrogens with zero attached hydrogens (tertiary/aromatic N) is 1. The molecule has 0 spiro atoms. The van der Waals surface area contributed by atoms with Crippen LogP contribution in [0.15, 0.2) is 28.7 Å². The number of rotatable bonds is 5. The van der Waals surface area contributed by atoms with Crippen LogP contribution in [0.5, 0.6) is 0 Å². The van der Waals surface area contributed by atoms with Crippen molar-refractivity contribution >= 4 is 27.9 Å². The summed E-state index contributed by atoms with van der Waals surface area (Å²) in [5, 5.41) is 2.85. The van der Waals surface area contributed by atoms with Crippen LogP contribution in [-0.2, 0) is 9.53 Å². The van der Waals surface area contributed by atoms with Crippen LogP contribution in [0.1, 0.15) is 25.5 Å². The molecule has 0 aliphatic rings. The maximum atomic E-state index is 11.9. The third-order valence-corrected chi connectivity index (χ3v) is 3.43. The number of carbonyl (C=O) groups is 2. The maximum absolute atomic E-state index is 11.9. The van der Waals surface area contributed by atoms with Crippen LogP contribution in [0.25, 0.3) is 0 Å². The van der Waals surface area contributed by atoms with Gasteiger partial charge in [0.1, 0.15) is 6.54 Å². The molecule has 1 atom stereocenters. The van der Waals surface area contributed by atoms with E-state index in [9.17, 15) is 9.59 Å². The number of amides is 2. The third kappa shape index (κ3) is 4.85. The molecular formula is C14H19BrN2O3. The van der Waals surface area contributed by atoms with E-state index in [0.29, 0.717) is 0 Å². The third-order valence-electron chi connectivity index (χ3n) is 2.71. The Morgan fingerprint density at radius 1 is 1.40 bits per heavy atom. The second-order valence-electron chi connectivity index (χ2n) is 4.37. The largest absolute Gasteiger partial charge is 0.450 e. The van der Waals surface area contributed by atoms with E-state index in [2.05, 4.69) is 21.2 Å². The summed E-state index contributed by atoms with van der Waals surface area (Å²) in [7, 11) is 1.53. The highest BCUT2D eigenvalue weighted by atomic mass is 79.9. The minimum absolute atomic E-state index is 0.0341. The Balaban J connectivity index is 2.54. The van der Waals surface area contributed by atoms with Crippen molar-refractivity contribution in [1.82, 2.24) is 10.2 Å². The van der Waals surface area contributed by atoms with E-state index >= 15 is 0 Å². The van der Waals surface area contributed by atoms with Crippen molar-refractivity contribution in [2.24, 2.45) is 0 Å². The zero-order chi connectivity index (χ0) is 15.1. The van der Waals surface area contributed by atoms with Crippen molar-refractivity contribution in [3.05, 3.63) is 34.3 Å². The van der Waals surface area contributed by atoms with Gasteiger partial charge in [-0.15, -0.1) is 0 Å². The molecule has 20 heavy (non-hydrogen) atoms. The van der Waals surface area contributed by atoms with Crippen LogP contribution in [0.2, 0.25) is 0 Å². The molecule has 0 aliphatic carbocycles. The molecule has 1 aromatic carbocycles. The lowest BCUT2D eigenvalue weighted by Gasteiger charge is -2.19. The van der Waals surface area contributed by atoms with Gasteiger partial charge in [-0.05, 0) is 25.5 Å². The van der Waals surface area contributed by atoms with Gasteiger partial charge < -0.3 is 15.0 Å². The molecule has 0 aromatic heterocycles. The van der Waals surface area contributed by atoms with Gasteiger partial charge >= 0.3 is 6.09 Å². The van der Waals surface area contributed by atoms with E-state index in [1.54, 1.807) is 6.92 Å². The molecule has 0 radical (unpaired) electrons. The number of nitrogens with one attached hydrogen (secondary N) is 1. The molecule has 1 unspecified atom stereocenters. The van der Waals surface area contributed by atoms with E-state index in [1.165, 1.54) is 11.9 Å². The quantitative estimate of drug-likeness (QED) is 0.894. The van der Waals surface area contributed by atoms with Crippen molar-refractivity contribution in [2.45, 2.75) is 19.9 Å². The Morgan fingerprint density at radius 2 is 2.05 bits per heavy atom. The second kappa shape index (κ2) is 7.89. The van der Waals surface area contributed by atoms with Crippen LogP contribution in [0, 0.1) is 0 Å². The summed E-state index contributed by atoms with van der Waals surface area (Å²) in [6.45, 7) is 3.87. The van der Waals surface area contributed by atoms with Crippen molar-refractivity contribution in [2.75, 3.05) is 20.2 Å². The topological polar surface area (TPSA) is 58.6 Å². The molecule has 0 bridgehead atoms. The highest BCUT2D eigenvalue weighted by Gasteiger charge is 2.16. The average molecular weight is 343 g/mol. The Kier molecular flexibility index (Phi) is 6.51. The fourth-order valence-electron chi connectivity index (χ4n) is 1.70. The molecule has 1 rings (SSSR count). The van der Waals surface area contributed by atoms with E-state index in [-0.39, 0.29) is 25.1 Å². The summed E-state index contributed by atoms with van der Waals surface area (Å²) in [5.41, 5.74) is 0.986. The fraction of sp³-hybridized carbons (Fsp3) is 0.429. The van der Waals surface area contributed by atoms with Gasteiger partial charge in [-0.1, -0.05) is 34.1 Å². The van der Waals surface area contributed by atoms with Crippen molar-refractivity contribution < 1.29 is 14.3 Å². The summed E-state index contributed by atoms with van der Waals surface area (Å²) in [4.78, 5) is 24.5. The molecular weight excluding hydrogens is 324 g/mol. The van der Waals surface area contributed by atoms with E-state index in [0.717, 1.165) is 10.0 Å². The highest BCUT2D eigenvalue weighted by molar-refractivity contribution is 9.10. The lowest BCUT2D eigenvalue weighted by molar-refractivity contribution is -0.122. The first-order valence-corrected chi connectivity index (χ1v) is 7.16. The predicted molar refractivity (Wildman–Crippen MR) is 80.4 cm³/mol. The fourth-order valence-corrected chi connectivity index (χ4v) is 2.33. The van der Waals surface area contributed by atoms with E-state index in [4.69, 9.17) is 4.74 Å². The number of hydrogen-bond acceptors (Lipinski definition) is 3. The molecule has 1 aromatic rings. The molecule has 0 aliphatic heterocycles. The summed E-state index contributed by atoms with van der Waals surface area (Å²) < 4.78 is 5.75. The van der Waals surface area contributed by atoms with Crippen LogP contribution in [-0.4, -0.2) is 37.1 Å². The standard InChI is InChI=1S/C14H19BrN2O3/c1-4-20-14(19)17(3)9-13(18)16-10(2)11-7-5-6-8-12(11)15/h5-8,10H,4,9H2,1-3H3,(H,16,18). The van der Waals surface area contributed by atoms with Gasteiger partial charge in [0.2, 0.25) is 5.91 Å². The van der Waals surface area contributed by atoms with Gasteiger partial charge in [0.15, 0.2) is 0 Å². The molecule has 5 nitrogen and oxygen atoms in total. The molecule has 0 saturated heterocycles. The number of ether oxygens (including phenoxy) is 1. The molecule has 0 heterocycles. The van der Waals surface area contributed by atoms with Crippen LogP contribution in [0.3, 0.4) is 0 Å². The van der Waals surface area contributed by atoms with Gasteiger partial charge in [0.25, 0.3) is 0 Å². The molecule has 2 amide bonds. The Morgan fingerprint density at radius 3 is 2.65 bits per heavy atom. The summed E-state index contributed by atoms with van der Waals surface area (Å²) >= 11 is 3.45. The Bertz CT molecular complexity index is 479. The zero-order valence-corrected chi connectivity index (χ0v) is 13.4. The minimum atomic E-state index is -0.504. The summed E-state index contributed by atoms with van der Waals surface area (Å²) in [6.07, 6.45) is -0.504. The molecule has 6 heteroatoms. The SMILES string of the molecule is CCOC(=O)N(C)CC(=O)NC(C)c1ccccc1Br. The van der Waals surface area contributed by atoms with Gasteiger partial charge in [0.05, 0.1) is 12.6 Å². The number of likely N-dealkylation sites (N-methyl/N-ethyl adjacent to an activating group) is 1. The Hall–Kier alpha value is -1.56. The zero-order valence-electron chi connectivity index (χ0n) is 11.9. The van der Waals surface area contributed by atoms with Crippen molar-refractivity contribution in [3.63, 3.8) is 0 Å². The van der Waals surface area contributed by atoms with Gasteiger partial charge in [-0.3, -0.25) is 4.79 Å². The lowest BCUT2D eigenvalue weighted by atomic mass is 10.1. The molecule has 110 valence electrons. The van der Waals surface area contributed by atoms with Crippen molar-refractivity contribution in [3.8, 4) is 0 Å². The Labute approximate surface area is 127 Å². The summed E-state index contributed by atoms with van der Waals surface area (Å²) in [6, 6.07) is 7.53. The summed E-state index contributed by atoms with van der Waals surface area (Å²) in [5.74, 6) is -0.233. The highest BCUT2D eigenvalue weighted by Crippen LogP contribution is 2.22. The first-order valence-electron chi connectivity index (χ1n) is 6.37. The average Bonchev–Trinajstić information content (AvgIpc) is 2.39. The van der Waals surface area contributed by atoms with E-state index in [1.807, 2.05) is 31.2 Å². The normalized spacial score (nSPS) is 11.6. The first-order chi connectivity index (χ1) is 9.45. The number of hydrogen-bond donors (Lipinski definition) is 1. The number of carbonyl (C=O) groups excluding carboxylic acids is 2. The van der Waals surface area contributed by atoms with Crippen LogP contribution >= 0.6 is 15.9 Å². The number of benzene rings is 1. The molecule has 0 saturated carbocycles. The van der Waals surface area contributed by atoms with E-state index < -0.39 is 6.09 Å². The maximum Gasteiger partial charge on any atom is 0.409 e. The second-order valence-corrected chi connectivity index (χ2v) is 5.22. The predicted octanol–water partition coefficient (Wildman–Crippen LogP) is 2.71. The lowest BCUT2D eigenvalue weighted by Crippen LogP contribution is -2.39.